The summed E-state index contributed by atoms with van der Waals surface area (Å²) in [5.41, 5.74) is 1.08. The van der Waals surface area contributed by atoms with Crippen molar-refractivity contribution in [2.75, 3.05) is 13.4 Å². The molecular weight excluding hydrogens is 391 g/mol. The molecule has 0 bridgehead atoms. The van der Waals surface area contributed by atoms with Crippen LogP contribution >= 0.6 is 0 Å². The second-order valence-electron chi connectivity index (χ2n) is 6.44. The molecule has 1 aromatic carbocycles. The number of carbonyl (C=O) groups is 1. The van der Waals surface area contributed by atoms with E-state index >= 15 is 0 Å². The first kappa shape index (κ1) is 21.6. The van der Waals surface area contributed by atoms with Crippen LogP contribution in [0.1, 0.15) is 13.3 Å². The van der Waals surface area contributed by atoms with Gasteiger partial charge in [-0.15, -0.1) is 0 Å². The molecule has 0 unspecified atom stereocenters. The van der Waals surface area contributed by atoms with Crippen LogP contribution < -0.4 is 15.8 Å². The maximum absolute atomic E-state index is 14.8. The minimum absolute atomic E-state index is 0.0108. The lowest BCUT2D eigenvalue weighted by Crippen LogP contribution is -2.50. The summed E-state index contributed by atoms with van der Waals surface area (Å²) in [4.78, 5) is 24.6. The average molecular weight is 412 g/mol. The smallest absolute Gasteiger partial charge is 0.293 e. The monoisotopic (exact) mass is 412 g/mol. The van der Waals surface area contributed by atoms with Crippen LogP contribution in [0.3, 0.4) is 0 Å². The molecule has 1 atom stereocenters. The Bertz CT molecular complexity index is 1040. The fourth-order valence-corrected chi connectivity index (χ4v) is 3.60. The average Bonchev–Trinajstić information content (AvgIpc) is 2.66. The number of sulfone groups is 1. The Morgan fingerprint density at radius 2 is 1.93 bits per heavy atom. The van der Waals surface area contributed by atoms with Gasteiger partial charge in [-0.05, 0) is 18.9 Å². The summed E-state index contributed by atoms with van der Waals surface area (Å²) >= 11 is 0. The van der Waals surface area contributed by atoms with E-state index in [1.54, 1.807) is 30.3 Å². The third-order valence-corrected chi connectivity index (χ3v) is 6.71. The van der Waals surface area contributed by atoms with Gasteiger partial charge < -0.3 is 9.30 Å². The van der Waals surface area contributed by atoms with Crippen molar-refractivity contribution in [2.45, 2.75) is 24.6 Å². The molecule has 0 aliphatic carbocycles. The van der Waals surface area contributed by atoms with E-state index in [1.165, 1.54) is 12.6 Å². The van der Waals surface area contributed by atoms with Gasteiger partial charge in [0.1, 0.15) is 0 Å². The number of aromatic nitrogens is 1. The van der Waals surface area contributed by atoms with Crippen molar-refractivity contribution in [3.05, 3.63) is 52.7 Å². The molecule has 8 nitrogen and oxygen atoms in total. The Morgan fingerprint density at radius 3 is 2.43 bits per heavy atom. The molecule has 2 aromatic rings. The number of methoxy groups -OCH3 is 1. The van der Waals surface area contributed by atoms with E-state index in [4.69, 9.17) is 9.94 Å². The number of nitrogens with one attached hydrogen (secondary N) is 1. The fraction of sp³-hybridized carbons (Fsp3) is 0.333. The fourth-order valence-electron chi connectivity index (χ4n) is 2.75. The molecule has 152 valence electrons. The number of ether oxygens (including phenoxy) is 1. The van der Waals surface area contributed by atoms with Gasteiger partial charge in [-0.2, -0.15) is 0 Å². The SMILES string of the molecule is COc1c(-c2ccccc2)c(F)cn(CC[C@](C)(C(=O)NO)S(C)(=O)=O)c1=O. The highest BCUT2D eigenvalue weighted by molar-refractivity contribution is 7.92. The van der Waals surface area contributed by atoms with Crippen molar-refractivity contribution in [3.63, 3.8) is 0 Å². The summed E-state index contributed by atoms with van der Waals surface area (Å²) in [7, 11) is -2.72. The summed E-state index contributed by atoms with van der Waals surface area (Å²) in [6, 6.07) is 8.36. The highest BCUT2D eigenvalue weighted by Crippen LogP contribution is 2.30. The quantitative estimate of drug-likeness (QED) is 0.524. The molecule has 1 amide bonds. The Labute approximate surface area is 161 Å². The number of rotatable bonds is 7. The number of aryl methyl sites for hydroxylation is 1. The van der Waals surface area contributed by atoms with Crippen LogP contribution in [-0.2, 0) is 21.2 Å². The van der Waals surface area contributed by atoms with Crippen LogP contribution in [0, 0.1) is 5.82 Å². The maximum atomic E-state index is 14.8. The lowest BCUT2D eigenvalue weighted by atomic mass is 10.0. The molecular formula is C18H21FN2O6S. The van der Waals surface area contributed by atoms with E-state index in [0.717, 1.165) is 23.9 Å². The maximum Gasteiger partial charge on any atom is 0.293 e. The number of hydroxylamine groups is 1. The second kappa shape index (κ2) is 8.11. The van der Waals surface area contributed by atoms with Gasteiger partial charge in [0.05, 0.1) is 12.7 Å². The van der Waals surface area contributed by atoms with Gasteiger partial charge in [-0.1, -0.05) is 30.3 Å². The van der Waals surface area contributed by atoms with E-state index in [9.17, 15) is 22.4 Å². The normalized spacial score (nSPS) is 13.6. The third kappa shape index (κ3) is 3.92. The van der Waals surface area contributed by atoms with Gasteiger partial charge in [0.15, 0.2) is 26.2 Å². The van der Waals surface area contributed by atoms with Crippen LogP contribution in [-0.4, -0.2) is 42.2 Å². The van der Waals surface area contributed by atoms with Crippen molar-refractivity contribution in [1.82, 2.24) is 10.0 Å². The molecule has 28 heavy (non-hydrogen) atoms. The standard InChI is InChI=1S/C18H21FN2O6S/c1-18(17(23)20-24,28(3,25)26)9-10-21-11-13(19)14(15(27-2)16(21)22)12-7-5-4-6-8-12/h4-8,11,24H,9-10H2,1-3H3,(H,20,23)/t18-/m1/s1. The summed E-state index contributed by atoms with van der Waals surface area (Å²) in [6.07, 6.45) is 1.41. The molecule has 10 heteroatoms. The zero-order chi connectivity index (χ0) is 21.1. The van der Waals surface area contributed by atoms with Crippen LogP contribution in [0.2, 0.25) is 0 Å². The molecule has 0 saturated carbocycles. The van der Waals surface area contributed by atoms with E-state index in [2.05, 4.69) is 0 Å². The molecule has 0 saturated heterocycles. The van der Waals surface area contributed by atoms with Gasteiger partial charge in [-0.25, -0.2) is 18.3 Å². The molecule has 0 spiro atoms. The number of hydrogen-bond donors (Lipinski definition) is 2. The number of carbonyl (C=O) groups excluding carboxylic acids is 1. The molecule has 0 aliphatic rings. The minimum Gasteiger partial charge on any atom is -0.491 e. The summed E-state index contributed by atoms with van der Waals surface area (Å²) < 4.78 is 42.9. The zero-order valence-corrected chi connectivity index (χ0v) is 16.4. The second-order valence-corrected chi connectivity index (χ2v) is 8.89. The minimum atomic E-state index is -3.95. The van der Waals surface area contributed by atoms with Crippen molar-refractivity contribution < 1.29 is 27.5 Å². The van der Waals surface area contributed by atoms with Crippen molar-refractivity contribution in [3.8, 4) is 16.9 Å². The van der Waals surface area contributed by atoms with Gasteiger partial charge in [-0.3, -0.25) is 14.8 Å². The summed E-state index contributed by atoms with van der Waals surface area (Å²) in [5, 5.41) is 8.86. The summed E-state index contributed by atoms with van der Waals surface area (Å²) in [6.45, 7) is 0.822. The Morgan fingerprint density at radius 1 is 1.32 bits per heavy atom. The van der Waals surface area contributed by atoms with E-state index < -0.39 is 31.9 Å². The zero-order valence-electron chi connectivity index (χ0n) is 15.6. The lowest BCUT2D eigenvalue weighted by Gasteiger charge is -2.25. The van der Waals surface area contributed by atoms with Crippen molar-refractivity contribution in [1.29, 1.82) is 0 Å². The van der Waals surface area contributed by atoms with Crippen LogP contribution in [0.25, 0.3) is 11.1 Å². The van der Waals surface area contributed by atoms with Crippen LogP contribution in [0.15, 0.2) is 41.3 Å². The van der Waals surface area contributed by atoms with E-state index in [0.29, 0.717) is 5.56 Å². The van der Waals surface area contributed by atoms with Crippen molar-refractivity contribution in [2.24, 2.45) is 0 Å². The molecule has 1 aromatic heterocycles. The largest absolute Gasteiger partial charge is 0.491 e. The molecule has 0 radical (unpaired) electrons. The molecule has 2 N–H and O–H groups in total. The highest BCUT2D eigenvalue weighted by Gasteiger charge is 2.43. The van der Waals surface area contributed by atoms with Crippen LogP contribution in [0.5, 0.6) is 5.75 Å². The third-order valence-electron chi connectivity index (χ3n) is 4.69. The first-order chi connectivity index (χ1) is 13.1. The number of hydrogen-bond acceptors (Lipinski definition) is 6. The number of benzene rings is 1. The predicted molar refractivity (Wildman–Crippen MR) is 100 cm³/mol. The first-order valence-electron chi connectivity index (χ1n) is 8.23. The Balaban J connectivity index is 2.50. The molecule has 1 heterocycles. The van der Waals surface area contributed by atoms with Gasteiger partial charge in [0.2, 0.25) is 0 Å². The Hall–Kier alpha value is -2.72. The van der Waals surface area contributed by atoms with Crippen molar-refractivity contribution >= 4 is 15.7 Å². The Kier molecular flexibility index (Phi) is 6.25. The molecule has 2 rings (SSSR count). The highest BCUT2D eigenvalue weighted by atomic mass is 32.2. The van der Waals surface area contributed by atoms with Gasteiger partial charge in [0.25, 0.3) is 11.5 Å². The number of halogens is 1. The van der Waals surface area contributed by atoms with E-state index in [-0.39, 0.29) is 24.3 Å². The number of pyridine rings is 1. The van der Waals surface area contributed by atoms with E-state index in [1.807, 2.05) is 0 Å². The molecule has 0 fully saturated rings. The number of amides is 1. The van der Waals surface area contributed by atoms with Gasteiger partial charge >= 0.3 is 0 Å². The van der Waals surface area contributed by atoms with Gasteiger partial charge in [0, 0.05) is 19.0 Å². The first-order valence-corrected chi connectivity index (χ1v) is 10.1. The topological polar surface area (TPSA) is 115 Å². The summed E-state index contributed by atoms with van der Waals surface area (Å²) in [5.74, 6) is -2.12. The lowest BCUT2D eigenvalue weighted by molar-refractivity contribution is -0.131. The number of nitrogens with zero attached hydrogens (tertiary/aromatic N) is 1. The predicted octanol–water partition coefficient (Wildman–Crippen LogP) is 1.36. The van der Waals surface area contributed by atoms with Crippen LogP contribution in [0.4, 0.5) is 4.39 Å². The molecule has 0 aliphatic heterocycles.